The van der Waals surface area contributed by atoms with Crippen molar-refractivity contribution in [3.8, 4) is 11.4 Å². The predicted molar refractivity (Wildman–Crippen MR) is 129 cm³/mol. The van der Waals surface area contributed by atoms with Crippen molar-refractivity contribution in [3.05, 3.63) is 102 Å². The van der Waals surface area contributed by atoms with Gasteiger partial charge in [0.1, 0.15) is 0 Å². The molecule has 1 aromatic heterocycles. The Morgan fingerprint density at radius 1 is 0.875 bits per heavy atom. The first kappa shape index (κ1) is 21.8. The number of benzene rings is 3. The highest BCUT2D eigenvalue weighted by molar-refractivity contribution is 8.00. The summed E-state index contributed by atoms with van der Waals surface area (Å²) in [6.07, 6.45) is 0. The van der Waals surface area contributed by atoms with Crippen LogP contribution in [0.5, 0.6) is 0 Å². The van der Waals surface area contributed by atoms with E-state index in [0.717, 1.165) is 28.1 Å². The van der Waals surface area contributed by atoms with Gasteiger partial charge < -0.3 is 9.88 Å². The summed E-state index contributed by atoms with van der Waals surface area (Å²) in [5.41, 5.74) is 4.27. The summed E-state index contributed by atoms with van der Waals surface area (Å²) in [5, 5.41) is 12.3. The molecule has 0 spiro atoms. The summed E-state index contributed by atoms with van der Waals surface area (Å²) in [7, 11) is 1.94. The predicted octanol–water partition coefficient (Wildman–Crippen LogP) is 5.18. The van der Waals surface area contributed by atoms with Gasteiger partial charge in [0.25, 0.3) is 0 Å². The van der Waals surface area contributed by atoms with E-state index in [1.54, 1.807) is 0 Å². The molecule has 1 N–H and O–H groups in total. The third kappa shape index (κ3) is 4.75. The summed E-state index contributed by atoms with van der Waals surface area (Å²) >= 11 is 1.41. The Labute approximate surface area is 192 Å². The van der Waals surface area contributed by atoms with Gasteiger partial charge in [-0.05, 0) is 30.5 Å². The molecule has 0 radical (unpaired) electrons. The summed E-state index contributed by atoms with van der Waals surface area (Å²) in [5.74, 6) is 0.748. The lowest BCUT2D eigenvalue weighted by atomic mass is 9.98. The van der Waals surface area contributed by atoms with E-state index in [4.69, 9.17) is 0 Å². The van der Waals surface area contributed by atoms with Gasteiger partial charge in [-0.2, -0.15) is 0 Å². The number of nitrogens with zero attached hydrogens (tertiary/aromatic N) is 3. The van der Waals surface area contributed by atoms with E-state index in [0.29, 0.717) is 5.16 Å². The second-order valence-electron chi connectivity index (χ2n) is 7.70. The summed E-state index contributed by atoms with van der Waals surface area (Å²) in [4.78, 5) is 13.2. The van der Waals surface area contributed by atoms with Crippen molar-refractivity contribution in [1.82, 2.24) is 20.1 Å². The minimum atomic E-state index is -0.336. The highest BCUT2D eigenvalue weighted by atomic mass is 32.2. The molecule has 0 saturated heterocycles. The molecule has 4 aromatic rings. The molecule has 1 amide bonds. The van der Waals surface area contributed by atoms with Crippen LogP contribution >= 0.6 is 11.8 Å². The number of aryl methyl sites for hydroxylation is 1. The minimum Gasteiger partial charge on any atom is -0.344 e. The number of amides is 1. The van der Waals surface area contributed by atoms with Crippen molar-refractivity contribution in [2.75, 3.05) is 0 Å². The molecular formula is C26H26N4OS. The summed E-state index contributed by atoms with van der Waals surface area (Å²) < 4.78 is 1.95. The number of aromatic nitrogens is 3. The second-order valence-corrected chi connectivity index (χ2v) is 9.01. The van der Waals surface area contributed by atoms with E-state index in [1.807, 2.05) is 97.4 Å². The van der Waals surface area contributed by atoms with Crippen LogP contribution in [0.1, 0.15) is 29.7 Å². The summed E-state index contributed by atoms with van der Waals surface area (Å²) in [6.45, 7) is 3.95. The zero-order chi connectivity index (χ0) is 22.5. The fraction of sp³-hybridized carbons (Fsp3) is 0.192. The van der Waals surface area contributed by atoms with E-state index in [2.05, 4.69) is 28.5 Å². The second kappa shape index (κ2) is 9.83. The fourth-order valence-electron chi connectivity index (χ4n) is 3.60. The van der Waals surface area contributed by atoms with Gasteiger partial charge in [-0.25, -0.2) is 0 Å². The van der Waals surface area contributed by atoms with E-state index in [9.17, 15) is 4.79 Å². The van der Waals surface area contributed by atoms with Gasteiger partial charge in [0.05, 0.1) is 11.3 Å². The average Bonchev–Trinajstić information content (AvgIpc) is 3.18. The number of hydrogen-bond acceptors (Lipinski definition) is 4. The van der Waals surface area contributed by atoms with Crippen LogP contribution in [-0.2, 0) is 11.8 Å². The highest BCUT2D eigenvalue weighted by Gasteiger charge is 2.23. The van der Waals surface area contributed by atoms with Crippen LogP contribution in [0, 0.1) is 6.92 Å². The Bertz CT molecular complexity index is 1150. The first-order valence-electron chi connectivity index (χ1n) is 10.6. The topological polar surface area (TPSA) is 59.8 Å². The first-order chi connectivity index (χ1) is 15.5. The summed E-state index contributed by atoms with van der Waals surface area (Å²) in [6, 6.07) is 27.9. The van der Waals surface area contributed by atoms with Crippen LogP contribution in [0.4, 0.5) is 0 Å². The zero-order valence-corrected chi connectivity index (χ0v) is 19.2. The maximum atomic E-state index is 13.2. The van der Waals surface area contributed by atoms with Crippen molar-refractivity contribution in [3.63, 3.8) is 0 Å². The molecule has 32 heavy (non-hydrogen) atoms. The molecule has 0 aliphatic rings. The zero-order valence-electron chi connectivity index (χ0n) is 18.4. The molecule has 0 fully saturated rings. The number of carbonyl (C=O) groups is 1. The largest absolute Gasteiger partial charge is 0.344 e. The Morgan fingerprint density at radius 3 is 2.03 bits per heavy atom. The molecule has 1 heterocycles. The van der Waals surface area contributed by atoms with E-state index in [1.165, 1.54) is 11.8 Å². The number of thioether (sulfide) groups is 1. The smallest absolute Gasteiger partial charge is 0.234 e. The molecule has 1 unspecified atom stereocenters. The van der Waals surface area contributed by atoms with Gasteiger partial charge in [-0.1, -0.05) is 96.7 Å². The molecule has 0 aliphatic heterocycles. The number of rotatable bonds is 7. The van der Waals surface area contributed by atoms with E-state index < -0.39 is 0 Å². The lowest BCUT2D eigenvalue weighted by molar-refractivity contribution is -0.120. The van der Waals surface area contributed by atoms with Crippen molar-refractivity contribution < 1.29 is 4.79 Å². The average molecular weight is 443 g/mol. The Hall–Kier alpha value is -3.38. The minimum absolute atomic E-state index is 0.0480. The van der Waals surface area contributed by atoms with Crippen LogP contribution in [0.15, 0.2) is 90.1 Å². The molecule has 0 bridgehead atoms. The van der Waals surface area contributed by atoms with Crippen LogP contribution in [0.25, 0.3) is 11.4 Å². The molecule has 162 valence electrons. The molecule has 4 rings (SSSR count). The first-order valence-corrected chi connectivity index (χ1v) is 11.4. The van der Waals surface area contributed by atoms with Gasteiger partial charge in [-0.3, -0.25) is 4.79 Å². The fourth-order valence-corrected chi connectivity index (χ4v) is 4.42. The Kier molecular flexibility index (Phi) is 6.71. The Morgan fingerprint density at radius 2 is 1.44 bits per heavy atom. The number of carbonyl (C=O) groups excluding carboxylic acids is 1. The van der Waals surface area contributed by atoms with E-state index in [-0.39, 0.29) is 17.2 Å². The van der Waals surface area contributed by atoms with Crippen LogP contribution in [-0.4, -0.2) is 25.9 Å². The quantitative estimate of drug-likeness (QED) is 0.401. The normalized spacial score (nSPS) is 12.0. The lowest BCUT2D eigenvalue weighted by Crippen LogP contribution is -2.35. The van der Waals surface area contributed by atoms with Crippen LogP contribution < -0.4 is 5.32 Å². The molecule has 3 aromatic carbocycles. The highest BCUT2D eigenvalue weighted by Crippen LogP contribution is 2.28. The third-order valence-electron chi connectivity index (χ3n) is 5.42. The SMILES string of the molecule is Cc1ccccc1-c1nnc(SC(C)C(=O)NC(c2ccccc2)c2ccccc2)n1C. The monoisotopic (exact) mass is 442 g/mol. The van der Waals surface area contributed by atoms with Gasteiger partial charge in [0.2, 0.25) is 5.91 Å². The van der Waals surface area contributed by atoms with Gasteiger partial charge >= 0.3 is 0 Å². The molecular weight excluding hydrogens is 416 g/mol. The Balaban J connectivity index is 1.52. The van der Waals surface area contributed by atoms with Gasteiger partial charge in [-0.15, -0.1) is 10.2 Å². The van der Waals surface area contributed by atoms with E-state index >= 15 is 0 Å². The standard InChI is InChI=1S/C26H26N4OS/c1-18-12-10-11-17-22(18)24-28-29-26(30(24)3)32-19(2)25(31)27-23(20-13-6-4-7-14-20)21-15-8-5-9-16-21/h4-17,19,23H,1-3H3,(H,27,31). The van der Waals surface area contributed by atoms with Crippen molar-refractivity contribution >= 4 is 17.7 Å². The molecule has 0 saturated carbocycles. The maximum absolute atomic E-state index is 13.2. The third-order valence-corrected chi connectivity index (χ3v) is 6.56. The lowest BCUT2D eigenvalue weighted by Gasteiger charge is -2.22. The van der Waals surface area contributed by atoms with Crippen molar-refractivity contribution in [2.45, 2.75) is 30.3 Å². The number of hydrogen-bond donors (Lipinski definition) is 1. The molecule has 5 nitrogen and oxygen atoms in total. The van der Waals surface area contributed by atoms with Crippen LogP contribution in [0.3, 0.4) is 0 Å². The molecule has 6 heteroatoms. The van der Waals surface area contributed by atoms with Crippen molar-refractivity contribution in [1.29, 1.82) is 0 Å². The van der Waals surface area contributed by atoms with Crippen molar-refractivity contribution in [2.24, 2.45) is 7.05 Å². The molecule has 1 atom stereocenters. The maximum Gasteiger partial charge on any atom is 0.234 e. The van der Waals surface area contributed by atoms with Crippen LogP contribution in [0.2, 0.25) is 0 Å². The van der Waals surface area contributed by atoms with Gasteiger partial charge in [0, 0.05) is 12.6 Å². The number of nitrogens with one attached hydrogen (secondary N) is 1. The van der Waals surface area contributed by atoms with Gasteiger partial charge in [0.15, 0.2) is 11.0 Å². The molecule has 0 aliphatic carbocycles.